The van der Waals surface area contributed by atoms with Crippen molar-refractivity contribution in [2.24, 2.45) is 0 Å². The molecule has 0 aromatic carbocycles. The quantitative estimate of drug-likeness (QED) is 0.0308. The third kappa shape index (κ3) is 62.6. The van der Waals surface area contributed by atoms with Crippen LogP contribution in [-0.4, -0.2) is 57.3 Å². The van der Waals surface area contributed by atoms with E-state index in [0.29, 0.717) is 19.3 Å². The summed E-state index contributed by atoms with van der Waals surface area (Å²) in [5.41, 5.74) is 0. The Morgan fingerprint density at radius 1 is 0.309 bits per heavy atom. The van der Waals surface area contributed by atoms with Crippen molar-refractivity contribution in [3.63, 3.8) is 0 Å². The zero-order chi connectivity index (χ0) is 58.7. The Morgan fingerprint density at radius 2 is 0.556 bits per heavy atom. The lowest BCUT2D eigenvalue weighted by Crippen LogP contribution is -2.53. The van der Waals surface area contributed by atoms with E-state index in [1.54, 1.807) is 0 Å². The molecule has 0 fully saturated rings. The lowest BCUT2D eigenvalue weighted by Gasteiger charge is -2.27. The molecular weight excluding hydrogens is 995 g/mol. The highest BCUT2D eigenvalue weighted by Gasteiger charge is 2.28. The molecule has 0 saturated heterocycles. The average Bonchev–Trinajstić information content (AvgIpc) is 3.47. The molecule has 0 heterocycles. The summed E-state index contributed by atoms with van der Waals surface area (Å²) < 4.78 is 0. The number of carbonyl (C=O) groups excluding carboxylic acids is 1. The molecule has 1 amide bonds. The molecule has 0 rings (SSSR count). The Morgan fingerprint density at radius 3 is 0.852 bits per heavy atom. The zero-order valence-corrected chi connectivity index (χ0v) is 54.6. The lowest BCUT2D eigenvalue weighted by atomic mass is 10.00. The first kappa shape index (κ1) is 79.3. The van der Waals surface area contributed by atoms with Crippen LogP contribution in [0.15, 0.2) is 48.6 Å². The molecule has 0 aliphatic rings. The molecule has 0 aromatic heterocycles. The number of hydrogen-bond donors (Lipinski definition) is 5. The van der Waals surface area contributed by atoms with E-state index in [1.165, 1.54) is 315 Å². The number of hydrogen-bond acceptors (Lipinski definition) is 5. The lowest BCUT2D eigenvalue weighted by molar-refractivity contribution is -0.132. The summed E-state index contributed by atoms with van der Waals surface area (Å²) in [7, 11) is 0. The van der Waals surface area contributed by atoms with Gasteiger partial charge in [-0.2, -0.15) is 0 Å². The van der Waals surface area contributed by atoms with E-state index in [0.717, 1.165) is 44.9 Å². The number of allylic oxidation sites excluding steroid dienone is 8. The van der Waals surface area contributed by atoms with Crippen molar-refractivity contribution in [2.75, 3.05) is 6.61 Å². The maximum Gasteiger partial charge on any atom is 0.249 e. The molecule has 0 spiro atoms. The second-order valence-electron chi connectivity index (χ2n) is 25.3. The fourth-order valence-corrected chi connectivity index (χ4v) is 11.6. The molecule has 0 aliphatic carbocycles. The Bertz CT molecular complexity index is 1330. The van der Waals surface area contributed by atoms with Gasteiger partial charge in [-0.05, 0) is 83.5 Å². The highest BCUT2D eigenvalue weighted by molar-refractivity contribution is 5.80. The maximum absolute atomic E-state index is 12.7. The van der Waals surface area contributed by atoms with Gasteiger partial charge in [-0.1, -0.05) is 358 Å². The minimum absolute atomic E-state index is 0.361. The van der Waals surface area contributed by atoms with Crippen LogP contribution >= 0.6 is 0 Å². The number of aliphatic hydroxyl groups excluding tert-OH is 4. The molecule has 0 aromatic rings. The number of rotatable bonds is 68. The van der Waals surface area contributed by atoms with Crippen LogP contribution in [0.4, 0.5) is 0 Å². The largest absolute Gasteiger partial charge is 0.394 e. The van der Waals surface area contributed by atoms with Crippen LogP contribution in [0.5, 0.6) is 0 Å². The number of carbonyl (C=O) groups is 1. The van der Waals surface area contributed by atoms with Gasteiger partial charge in [0.25, 0.3) is 0 Å². The van der Waals surface area contributed by atoms with Gasteiger partial charge in [0.15, 0.2) is 0 Å². The highest BCUT2D eigenvalue weighted by Crippen LogP contribution is 2.19. The van der Waals surface area contributed by atoms with Crippen molar-refractivity contribution < 1.29 is 25.2 Å². The Hall–Kier alpha value is -1.73. The van der Waals surface area contributed by atoms with E-state index in [2.05, 4.69) is 67.8 Å². The summed E-state index contributed by atoms with van der Waals surface area (Å²) in [6.45, 7) is 4.09. The van der Waals surface area contributed by atoms with Crippen molar-refractivity contribution in [3.8, 4) is 0 Å². The number of nitrogens with one attached hydrogen (secondary N) is 1. The molecular formula is C75H143NO5. The second kappa shape index (κ2) is 69.0. The molecule has 6 nitrogen and oxygen atoms in total. The van der Waals surface area contributed by atoms with Gasteiger partial charge < -0.3 is 25.7 Å². The third-order valence-electron chi connectivity index (χ3n) is 17.2. The molecule has 81 heavy (non-hydrogen) atoms. The van der Waals surface area contributed by atoms with E-state index < -0.39 is 36.9 Å². The molecule has 5 N–H and O–H groups in total. The van der Waals surface area contributed by atoms with Gasteiger partial charge in [0.2, 0.25) is 5.91 Å². The summed E-state index contributed by atoms with van der Waals surface area (Å²) in [5.74, 6) is -0.592. The van der Waals surface area contributed by atoms with Crippen LogP contribution in [0.3, 0.4) is 0 Å². The van der Waals surface area contributed by atoms with Crippen LogP contribution in [0.1, 0.15) is 393 Å². The van der Waals surface area contributed by atoms with Crippen molar-refractivity contribution in [1.29, 1.82) is 0 Å². The fourth-order valence-electron chi connectivity index (χ4n) is 11.6. The minimum atomic E-state index is -1.29. The van der Waals surface area contributed by atoms with E-state index in [9.17, 15) is 25.2 Å². The Balaban J connectivity index is 3.58. The molecule has 0 bridgehead atoms. The minimum Gasteiger partial charge on any atom is -0.394 e. The maximum atomic E-state index is 12.7. The summed E-state index contributed by atoms with van der Waals surface area (Å²) >= 11 is 0. The van der Waals surface area contributed by atoms with Crippen LogP contribution in [0.2, 0.25) is 0 Å². The van der Waals surface area contributed by atoms with Crippen molar-refractivity contribution in [2.45, 2.75) is 417 Å². The van der Waals surface area contributed by atoms with Gasteiger partial charge in [0, 0.05) is 0 Å². The smallest absolute Gasteiger partial charge is 0.249 e. The van der Waals surface area contributed by atoms with Gasteiger partial charge in [-0.15, -0.1) is 0 Å². The summed E-state index contributed by atoms with van der Waals surface area (Å²) in [4.78, 5) is 12.7. The SMILES string of the molecule is CCCCCCCCCCCCCCC/C=C\C/C=C\CCCCCCCCCCCCCCCCCCC(O)C(=O)NC(CO)C(O)C(O)CCC/C=C/CC/C=C/CCCCCCCCCCCCCCCCCCCCCC. The number of unbranched alkanes of at least 4 members (excludes halogenated alkanes) is 51. The summed E-state index contributed by atoms with van der Waals surface area (Å²) in [6.07, 6.45) is 91.1. The summed E-state index contributed by atoms with van der Waals surface area (Å²) in [5, 5.41) is 44.2. The number of aliphatic hydroxyl groups is 4. The van der Waals surface area contributed by atoms with E-state index in [4.69, 9.17) is 0 Å². The normalized spacial score (nSPS) is 13.7. The fraction of sp³-hybridized carbons (Fsp3) is 0.880. The van der Waals surface area contributed by atoms with Crippen LogP contribution in [-0.2, 0) is 4.79 Å². The zero-order valence-electron chi connectivity index (χ0n) is 54.6. The summed E-state index contributed by atoms with van der Waals surface area (Å²) in [6, 6.07) is -1.01. The van der Waals surface area contributed by atoms with Gasteiger partial charge in [0.1, 0.15) is 12.2 Å². The molecule has 6 heteroatoms. The van der Waals surface area contributed by atoms with Gasteiger partial charge >= 0.3 is 0 Å². The molecule has 4 unspecified atom stereocenters. The van der Waals surface area contributed by atoms with Gasteiger partial charge in [0.05, 0.1) is 18.8 Å². The predicted octanol–water partition coefficient (Wildman–Crippen LogP) is 22.8. The standard InChI is InChI=1S/C75H143NO5/c1-3-5-7-9-11-13-15-17-19-21-23-25-27-29-31-33-34-35-36-37-38-39-41-43-45-47-49-51-53-55-57-59-61-63-65-67-69-73(79)75(81)76-71(70-77)74(80)72(78)68-66-64-62-60-58-56-54-52-50-48-46-44-42-40-32-30-28-26-24-22-20-18-16-14-12-10-8-6-4-2/h31,33,35-36,52,54,60,62,71-74,77-80H,3-30,32,34,37-51,53,55-59,61,63-70H2,1-2H3,(H,76,81)/b33-31-,36-35-,54-52+,62-60+. The van der Waals surface area contributed by atoms with E-state index in [1.807, 2.05) is 0 Å². The predicted molar refractivity (Wildman–Crippen MR) is 357 cm³/mol. The molecule has 0 radical (unpaired) electrons. The second-order valence-corrected chi connectivity index (χ2v) is 25.3. The van der Waals surface area contributed by atoms with Crippen LogP contribution < -0.4 is 5.32 Å². The number of amides is 1. The first-order valence-corrected chi connectivity index (χ1v) is 36.5. The third-order valence-corrected chi connectivity index (χ3v) is 17.2. The van der Waals surface area contributed by atoms with Gasteiger partial charge in [-0.25, -0.2) is 0 Å². The average molecular weight is 1140 g/mol. The van der Waals surface area contributed by atoms with Crippen LogP contribution in [0.25, 0.3) is 0 Å². The van der Waals surface area contributed by atoms with E-state index in [-0.39, 0.29) is 0 Å². The van der Waals surface area contributed by atoms with Crippen molar-refractivity contribution in [1.82, 2.24) is 5.32 Å². The Labute approximate surface area is 506 Å². The van der Waals surface area contributed by atoms with Gasteiger partial charge in [-0.3, -0.25) is 4.79 Å². The Kier molecular flexibility index (Phi) is 67.6. The first-order chi connectivity index (χ1) is 40.0. The monoisotopic (exact) mass is 1140 g/mol. The molecule has 0 aliphatic heterocycles. The van der Waals surface area contributed by atoms with Crippen LogP contribution in [0, 0.1) is 0 Å². The highest BCUT2D eigenvalue weighted by atomic mass is 16.3. The first-order valence-electron chi connectivity index (χ1n) is 36.5. The molecule has 0 saturated carbocycles. The molecule has 478 valence electrons. The van der Waals surface area contributed by atoms with Crippen molar-refractivity contribution >= 4 is 5.91 Å². The molecule has 4 atom stereocenters. The van der Waals surface area contributed by atoms with Crippen molar-refractivity contribution in [3.05, 3.63) is 48.6 Å². The van der Waals surface area contributed by atoms with E-state index >= 15 is 0 Å². The topological polar surface area (TPSA) is 110 Å².